The molecule has 29 heavy (non-hydrogen) atoms. The van der Waals surface area contributed by atoms with Crippen molar-refractivity contribution in [2.45, 2.75) is 43.8 Å². The number of carbonyl (C=O) groups is 2. The average Bonchev–Trinajstić information content (AvgIpc) is 3.46. The predicted octanol–water partition coefficient (Wildman–Crippen LogP) is 2.80. The Bertz CT molecular complexity index is 1030. The van der Waals surface area contributed by atoms with Gasteiger partial charge in [-0.3, -0.25) is 14.2 Å². The minimum absolute atomic E-state index is 0.0657. The number of ketones is 1. The molecule has 1 aliphatic rings. The lowest BCUT2D eigenvalue weighted by molar-refractivity contribution is -0.118. The van der Waals surface area contributed by atoms with Gasteiger partial charge in [-0.2, -0.15) is 0 Å². The maximum atomic E-state index is 12.7. The van der Waals surface area contributed by atoms with Crippen molar-refractivity contribution in [3.05, 3.63) is 64.9 Å². The Morgan fingerprint density at radius 1 is 1.17 bits per heavy atom. The van der Waals surface area contributed by atoms with Gasteiger partial charge in [0.15, 0.2) is 10.9 Å². The number of fused-ring (bicyclic) bond motifs is 1. The molecule has 8 heteroatoms. The topological polar surface area (TPSA) is 104 Å². The van der Waals surface area contributed by atoms with Gasteiger partial charge in [0.1, 0.15) is 11.6 Å². The van der Waals surface area contributed by atoms with Crippen molar-refractivity contribution in [1.82, 2.24) is 14.8 Å². The Balaban J connectivity index is 1.48. The highest BCUT2D eigenvalue weighted by Gasteiger charge is 2.18. The third-order valence-corrected chi connectivity index (χ3v) is 6.00. The van der Waals surface area contributed by atoms with Gasteiger partial charge in [-0.05, 0) is 48.6 Å². The molecule has 0 fully saturated rings. The molecule has 0 saturated heterocycles. The number of thioether (sulfide) groups is 1. The summed E-state index contributed by atoms with van der Waals surface area (Å²) in [5.74, 6) is 1.34. The highest BCUT2D eigenvalue weighted by molar-refractivity contribution is 7.99. The number of benzene rings is 1. The summed E-state index contributed by atoms with van der Waals surface area (Å²) < 4.78 is 7.31. The van der Waals surface area contributed by atoms with Gasteiger partial charge in [0.2, 0.25) is 5.91 Å². The number of hydrogen-bond donors (Lipinski definition) is 1. The molecule has 0 unspecified atom stereocenters. The predicted molar refractivity (Wildman–Crippen MR) is 109 cm³/mol. The van der Waals surface area contributed by atoms with E-state index in [0.29, 0.717) is 23.9 Å². The normalized spacial score (nSPS) is 12.8. The third kappa shape index (κ3) is 4.59. The van der Waals surface area contributed by atoms with Gasteiger partial charge in [-0.25, -0.2) is 0 Å². The van der Waals surface area contributed by atoms with Crippen LogP contribution in [0.4, 0.5) is 0 Å². The molecule has 1 amide bonds. The van der Waals surface area contributed by atoms with Crippen molar-refractivity contribution >= 4 is 23.5 Å². The number of hydrogen-bond acceptors (Lipinski definition) is 6. The van der Waals surface area contributed by atoms with E-state index in [1.807, 2.05) is 28.8 Å². The molecule has 0 radical (unpaired) electrons. The van der Waals surface area contributed by atoms with Crippen LogP contribution < -0.4 is 5.73 Å². The molecule has 2 aromatic heterocycles. The Hall–Kier alpha value is -2.87. The number of aromatic nitrogens is 3. The number of carbonyl (C=O) groups excluding carboxylic acids is 2. The van der Waals surface area contributed by atoms with E-state index in [0.717, 1.165) is 30.6 Å². The number of nitrogens with two attached hydrogens (primary N) is 1. The third-order valence-electron chi connectivity index (χ3n) is 5.04. The minimum atomic E-state index is -0.390. The van der Waals surface area contributed by atoms with Crippen LogP contribution in [0.3, 0.4) is 0 Å². The molecule has 0 aliphatic heterocycles. The zero-order valence-corrected chi connectivity index (χ0v) is 16.8. The van der Waals surface area contributed by atoms with Crippen molar-refractivity contribution in [2.75, 3.05) is 5.75 Å². The molecular formula is C21H22N4O3S. The van der Waals surface area contributed by atoms with Crippen LogP contribution in [0, 0.1) is 0 Å². The van der Waals surface area contributed by atoms with Gasteiger partial charge in [0.05, 0.1) is 18.6 Å². The largest absolute Gasteiger partial charge is 0.467 e. The van der Waals surface area contributed by atoms with E-state index in [2.05, 4.69) is 16.3 Å². The van der Waals surface area contributed by atoms with Gasteiger partial charge >= 0.3 is 0 Å². The first-order valence-electron chi connectivity index (χ1n) is 9.60. The van der Waals surface area contributed by atoms with Crippen LogP contribution in [0.25, 0.3) is 0 Å². The molecule has 7 nitrogen and oxygen atoms in total. The lowest BCUT2D eigenvalue weighted by Gasteiger charge is -2.08. The first-order chi connectivity index (χ1) is 14.1. The van der Waals surface area contributed by atoms with Crippen LogP contribution in [0.1, 0.15) is 45.9 Å². The molecule has 0 atom stereocenters. The number of Topliss-reactive ketones (excluding diaryl/α,β-unsaturated/α-hetero) is 1. The van der Waals surface area contributed by atoms with Crippen LogP contribution in [-0.2, 0) is 30.6 Å². The summed E-state index contributed by atoms with van der Waals surface area (Å²) in [7, 11) is 0. The summed E-state index contributed by atoms with van der Waals surface area (Å²) in [6.45, 7) is 0.434. The summed E-state index contributed by atoms with van der Waals surface area (Å²) in [5.41, 5.74) is 8.65. The number of furan rings is 1. The first-order valence-corrected chi connectivity index (χ1v) is 10.6. The minimum Gasteiger partial charge on any atom is -0.467 e. The van der Waals surface area contributed by atoms with Crippen LogP contribution >= 0.6 is 11.8 Å². The van der Waals surface area contributed by atoms with Crippen molar-refractivity contribution in [2.24, 2.45) is 5.73 Å². The number of aryl methyl sites for hydroxylation is 3. The molecule has 150 valence electrons. The fourth-order valence-corrected chi connectivity index (χ4v) is 4.37. The molecule has 1 aromatic carbocycles. The number of primary amides is 1. The van der Waals surface area contributed by atoms with Gasteiger partial charge in [-0.15, -0.1) is 10.2 Å². The maximum Gasteiger partial charge on any atom is 0.217 e. The second-order valence-corrected chi connectivity index (χ2v) is 8.02. The molecule has 0 saturated carbocycles. The number of amides is 1. The van der Waals surface area contributed by atoms with E-state index in [1.54, 1.807) is 6.26 Å². The zero-order valence-electron chi connectivity index (χ0n) is 16.0. The molecule has 2 heterocycles. The van der Waals surface area contributed by atoms with E-state index in [-0.39, 0.29) is 18.0 Å². The van der Waals surface area contributed by atoms with E-state index in [9.17, 15) is 9.59 Å². The van der Waals surface area contributed by atoms with Gasteiger partial charge in [0, 0.05) is 18.4 Å². The van der Waals surface area contributed by atoms with Crippen molar-refractivity contribution in [3.8, 4) is 0 Å². The lowest BCUT2D eigenvalue weighted by Crippen LogP contribution is -2.14. The summed E-state index contributed by atoms with van der Waals surface area (Å²) in [6.07, 6.45) is 5.49. The van der Waals surface area contributed by atoms with E-state index in [4.69, 9.17) is 10.2 Å². The molecule has 3 aromatic rings. The Morgan fingerprint density at radius 3 is 2.83 bits per heavy atom. The van der Waals surface area contributed by atoms with E-state index in [1.165, 1.54) is 22.9 Å². The summed E-state index contributed by atoms with van der Waals surface area (Å²) in [4.78, 5) is 23.9. The van der Waals surface area contributed by atoms with Crippen molar-refractivity contribution in [3.63, 3.8) is 0 Å². The standard InChI is InChI=1S/C21H22N4O3S/c22-19(27)8-9-20-23-24-21(25(20)12-17-5-2-10-28-17)29-13-18(26)16-7-6-14-3-1-4-15(14)11-16/h2,5-7,10-11H,1,3-4,8-9,12-13H2,(H2,22,27). The fraction of sp³-hybridized carbons (Fsp3) is 0.333. The average molecular weight is 410 g/mol. The molecule has 1 aliphatic carbocycles. The second-order valence-electron chi connectivity index (χ2n) is 7.08. The lowest BCUT2D eigenvalue weighted by atomic mass is 10.0. The van der Waals surface area contributed by atoms with E-state index >= 15 is 0 Å². The highest BCUT2D eigenvalue weighted by atomic mass is 32.2. The van der Waals surface area contributed by atoms with Gasteiger partial charge in [0.25, 0.3) is 0 Å². The van der Waals surface area contributed by atoms with Gasteiger partial charge in [-0.1, -0.05) is 23.9 Å². The van der Waals surface area contributed by atoms with E-state index < -0.39 is 5.91 Å². The number of rotatable bonds is 9. The quantitative estimate of drug-likeness (QED) is 0.430. The molecular weight excluding hydrogens is 388 g/mol. The van der Waals surface area contributed by atoms with Crippen molar-refractivity contribution in [1.29, 1.82) is 0 Å². The SMILES string of the molecule is NC(=O)CCc1nnc(SCC(=O)c2ccc3c(c2)CCC3)n1Cc1ccco1. The summed E-state index contributed by atoms with van der Waals surface area (Å²) >= 11 is 1.34. The molecule has 2 N–H and O–H groups in total. The van der Waals surface area contributed by atoms with Crippen LogP contribution in [0.5, 0.6) is 0 Å². The van der Waals surface area contributed by atoms with Crippen molar-refractivity contribution < 1.29 is 14.0 Å². The molecule has 0 spiro atoms. The Morgan fingerprint density at radius 2 is 2.03 bits per heavy atom. The molecule has 4 rings (SSSR count). The monoisotopic (exact) mass is 410 g/mol. The maximum absolute atomic E-state index is 12.7. The van der Waals surface area contributed by atoms with Gasteiger partial charge < -0.3 is 10.2 Å². The van der Waals surface area contributed by atoms with Crippen LogP contribution in [-0.4, -0.2) is 32.2 Å². The zero-order chi connectivity index (χ0) is 20.2. The fourth-order valence-electron chi connectivity index (χ4n) is 3.52. The van der Waals surface area contributed by atoms with Crippen LogP contribution in [0.2, 0.25) is 0 Å². The van der Waals surface area contributed by atoms with Crippen LogP contribution in [0.15, 0.2) is 46.2 Å². The smallest absolute Gasteiger partial charge is 0.217 e. The number of nitrogens with zero attached hydrogens (tertiary/aromatic N) is 3. The highest BCUT2D eigenvalue weighted by Crippen LogP contribution is 2.25. The molecule has 0 bridgehead atoms. The summed E-state index contributed by atoms with van der Waals surface area (Å²) in [6, 6.07) is 9.69. The second kappa shape index (κ2) is 8.65. The first kappa shape index (κ1) is 19.4. The Kier molecular flexibility index (Phi) is 5.80. The summed E-state index contributed by atoms with van der Waals surface area (Å²) in [5, 5.41) is 9.05. The Labute approximate surface area is 172 Å².